The molecule has 0 aliphatic heterocycles. The zero-order valence-corrected chi connectivity index (χ0v) is 20.7. The predicted octanol–water partition coefficient (Wildman–Crippen LogP) is 6.68. The number of benzene rings is 1. The fourth-order valence-corrected chi connectivity index (χ4v) is 4.09. The van der Waals surface area contributed by atoms with E-state index in [1.54, 1.807) is 0 Å². The molecule has 3 rings (SSSR count). The Bertz CT molecular complexity index is 756. The van der Waals surface area contributed by atoms with Crippen molar-refractivity contribution >= 4 is 22.7 Å². The second kappa shape index (κ2) is 13.5. The van der Waals surface area contributed by atoms with Gasteiger partial charge in [-0.1, -0.05) is 45.7 Å². The van der Waals surface area contributed by atoms with Crippen LogP contribution in [0.4, 0.5) is 11.8 Å². The van der Waals surface area contributed by atoms with Crippen LogP contribution in [0.3, 0.4) is 0 Å². The maximum absolute atomic E-state index is 5.34. The molecule has 1 heterocycles. The molecule has 1 aliphatic carbocycles. The van der Waals surface area contributed by atoms with E-state index in [2.05, 4.69) is 50.0 Å². The van der Waals surface area contributed by atoms with Gasteiger partial charge in [0.25, 0.3) is 0 Å². The van der Waals surface area contributed by atoms with E-state index >= 15 is 0 Å². The normalized spacial score (nSPS) is 19.4. The summed E-state index contributed by atoms with van der Waals surface area (Å²) in [6.07, 6.45) is 10.5. The molecule has 1 aromatic heterocycles. The van der Waals surface area contributed by atoms with Gasteiger partial charge in [-0.25, -0.2) is 4.98 Å². The topological polar surface area (TPSA) is 50.3 Å². The van der Waals surface area contributed by atoms with Crippen LogP contribution in [-0.4, -0.2) is 42.8 Å². The molecule has 1 atom stereocenters. The summed E-state index contributed by atoms with van der Waals surface area (Å²) in [5.74, 6) is 2.68. The molecule has 31 heavy (non-hydrogen) atoms. The summed E-state index contributed by atoms with van der Waals surface area (Å²) in [5, 5.41) is 4.69. The molecule has 0 saturated heterocycles. The summed E-state index contributed by atoms with van der Waals surface area (Å²) in [6.45, 7) is 9.57. The van der Waals surface area contributed by atoms with Crippen LogP contribution < -0.4 is 10.2 Å². The molecule has 1 aromatic carbocycles. The molecule has 0 radical (unpaired) electrons. The standard InChI is InChI=1S/C19H28N4.C7H16O/c1-4-7-14-10-12-15(13-11-14)20-19-21-17-9-6-5-8-16(17)18(22-19)23(2)3;1-4-6-8-7(3)5-2/h5-6,8-9,14-15H,4,7,10-13H2,1-3H3,(H,20,21,22);7H,4-6H2,1-3H3. The van der Waals surface area contributed by atoms with Crippen LogP contribution in [0, 0.1) is 5.92 Å². The molecule has 5 heteroatoms. The number of rotatable bonds is 9. The number of nitrogens with one attached hydrogen (secondary N) is 1. The molecule has 1 aliphatic rings. The zero-order chi connectivity index (χ0) is 22.6. The molecule has 1 N–H and O–H groups in total. The molecule has 1 unspecified atom stereocenters. The highest BCUT2D eigenvalue weighted by atomic mass is 16.5. The van der Waals surface area contributed by atoms with Crippen molar-refractivity contribution < 1.29 is 4.74 Å². The smallest absolute Gasteiger partial charge is 0.225 e. The van der Waals surface area contributed by atoms with Gasteiger partial charge in [0, 0.05) is 32.1 Å². The van der Waals surface area contributed by atoms with Crippen LogP contribution >= 0.6 is 0 Å². The highest BCUT2D eigenvalue weighted by Gasteiger charge is 2.21. The molecule has 0 spiro atoms. The third-order valence-corrected chi connectivity index (χ3v) is 6.07. The SMILES string of the molecule is CCCC1CCC(Nc2nc(N(C)C)c3ccccc3n2)CC1.CCCOC(C)CC. The number of para-hydroxylation sites is 1. The quantitative estimate of drug-likeness (QED) is 0.483. The summed E-state index contributed by atoms with van der Waals surface area (Å²) in [4.78, 5) is 11.5. The van der Waals surface area contributed by atoms with E-state index < -0.39 is 0 Å². The van der Waals surface area contributed by atoms with Gasteiger partial charge in [0.05, 0.1) is 11.6 Å². The van der Waals surface area contributed by atoms with E-state index in [9.17, 15) is 0 Å². The third-order valence-electron chi connectivity index (χ3n) is 6.07. The van der Waals surface area contributed by atoms with Crippen LogP contribution in [0.5, 0.6) is 0 Å². The van der Waals surface area contributed by atoms with Gasteiger partial charge in [-0.2, -0.15) is 4.98 Å². The van der Waals surface area contributed by atoms with Gasteiger partial charge in [0.1, 0.15) is 5.82 Å². The monoisotopic (exact) mass is 428 g/mol. The van der Waals surface area contributed by atoms with Crippen molar-refractivity contribution in [1.29, 1.82) is 0 Å². The van der Waals surface area contributed by atoms with Gasteiger partial charge in [0.15, 0.2) is 0 Å². The van der Waals surface area contributed by atoms with E-state index in [0.717, 1.165) is 48.0 Å². The van der Waals surface area contributed by atoms with Gasteiger partial charge in [-0.05, 0) is 63.5 Å². The van der Waals surface area contributed by atoms with Crippen LogP contribution in [0.2, 0.25) is 0 Å². The second-order valence-electron chi connectivity index (χ2n) is 9.02. The van der Waals surface area contributed by atoms with E-state index in [4.69, 9.17) is 14.7 Å². The molecule has 2 aromatic rings. The summed E-state index contributed by atoms with van der Waals surface area (Å²) >= 11 is 0. The van der Waals surface area contributed by atoms with Gasteiger partial charge in [0.2, 0.25) is 5.95 Å². The molecule has 5 nitrogen and oxygen atoms in total. The number of nitrogens with zero attached hydrogens (tertiary/aromatic N) is 3. The molecule has 1 fully saturated rings. The Morgan fingerprint density at radius 2 is 1.74 bits per heavy atom. The molecular weight excluding hydrogens is 384 g/mol. The first-order valence-electron chi connectivity index (χ1n) is 12.3. The van der Waals surface area contributed by atoms with E-state index in [1.165, 1.54) is 38.5 Å². The maximum atomic E-state index is 5.34. The van der Waals surface area contributed by atoms with E-state index in [1.807, 2.05) is 26.2 Å². The number of aromatic nitrogens is 2. The van der Waals surface area contributed by atoms with Crippen molar-refractivity contribution in [2.45, 2.75) is 91.2 Å². The lowest BCUT2D eigenvalue weighted by atomic mass is 9.83. The maximum Gasteiger partial charge on any atom is 0.225 e. The predicted molar refractivity (Wildman–Crippen MR) is 134 cm³/mol. The lowest BCUT2D eigenvalue weighted by Crippen LogP contribution is -2.27. The van der Waals surface area contributed by atoms with Crippen molar-refractivity contribution in [1.82, 2.24) is 9.97 Å². The van der Waals surface area contributed by atoms with Gasteiger partial charge in [-0.3, -0.25) is 0 Å². The fourth-order valence-electron chi connectivity index (χ4n) is 4.09. The Kier molecular flexibility index (Phi) is 11.1. The Labute approximate surface area is 190 Å². The number of ether oxygens (including phenoxy) is 1. The first kappa shape index (κ1) is 25.4. The molecule has 174 valence electrons. The van der Waals surface area contributed by atoms with Crippen LogP contribution in [-0.2, 0) is 4.74 Å². The highest BCUT2D eigenvalue weighted by molar-refractivity contribution is 5.90. The van der Waals surface area contributed by atoms with E-state index in [-0.39, 0.29) is 0 Å². The average molecular weight is 429 g/mol. The Morgan fingerprint density at radius 3 is 2.35 bits per heavy atom. The van der Waals surface area contributed by atoms with Crippen molar-refractivity contribution in [3.63, 3.8) is 0 Å². The Morgan fingerprint density at radius 1 is 1.03 bits per heavy atom. The molecule has 0 bridgehead atoms. The number of anilines is 2. The number of hydrogen-bond donors (Lipinski definition) is 1. The second-order valence-corrected chi connectivity index (χ2v) is 9.02. The first-order chi connectivity index (χ1) is 15.0. The summed E-state index contributed by atoms with van der Waals surface area (Å²) in [5.41, 5.74) is 1.01. The third kappa shape index (κ3) is 8.29. The largest absolute Gasteiger partial charge is 0.379 e. The van der Waals surface area contributed by atoms with Gasteiger partial charge < -0.3 is 15.0 Å². The number of hydrogen-bond acceptors (Lipinski definition) is 5. The summed E-state index contributed by atoms with van der Waals surface area (Å²) in [6, 6.07) is 8.74. The van der Waals surface area contributed by atoms with Gasteiger partial charge >= 0.3 is 0 Å². The zero-order valence-electron chi connectivity index (χ0n) is 20.7. The van der Waals surface area contributed by atoms with Crippen molar-refractivity contribution in [3.8, 4) is 0 Å². The Hall–Kier alpha value is -1.88. The van der Waals surface area contributed by atoms with Crippen LogP contribution in [0.1, 0.15) is 79.1 Å². The minimum absolute atomic E-state index is 0.454. The van der Waals surface area contributed by atoms with Gasteiger partial charge in [-0.15, -0.1) is 0 Å². The summed E-state index contributed by atoms with van der Waals surface area (Å²) in [7, 11) is 4.07. The fraction of sp³-hybridized carbons (Fsp3) is 0.692. The molecule has 0 amide bonds. The first-order valence-corrected chi connectivity index (χ1v) is 12.3. The van der Waals surface area contributed by atoms with Crippen LogP contribution in [0.25, 0.3) is 10.9 Å². The molecule has 1 saturated carbocycles. The van der Waals surface area contributed by atoms with Crippen molar-refractivity contribution in [3.05, 3.63) is 24.3 Å². The molecular formula is C26H44N4O. The van der Waals surface area contributed by atoms with E-state index in [0.29, 0.717) is 12.1 Å². The number of fused-ring (bicyclic) bond motifs is 1. The highest BCUT2D eigenvalue weighted by Crippen LogP contribution is 2.30. The lowest BCUT2D eigenvalue weighted by Gasteiger charge is -2.29. The van der Waals surface area contributed by atoms with Crippen LogP contribution in [0.15, 0.2) is 24.3 Å². The van der Waals surface area contributed by atoms with Crippen molar-refractivity contribution in [2.24, 2.45) is 5.92 Å². The minimum Gasteiger partial charge on any atom is -0.379 e. The minimum atomic E-state index is 0.454. The average Bonchev–Trinajstić information content (AvgIpc) is 2.78. The summed E-state index contributed by atoms with van der Waals surface area (Å²) < 4.78 is 5.34. The lowest BCUT2D eigenvalue weighted by molar-refractivity contribution is 0.0642. The Balaban J connectivity index is 0.000000366. The van der Waals surface area contributed by atoms with Crippen molar-refractivity contribution in [2.75, 3.05) is 30.9 Å².